The van der Waals surface area contributed by atoms with Gasteiger partial charge in [-0.05, 0) is 52.2 Å². The van der Waals surface area contributed by atoms with Crippen LogP contribution in [0, 0.1) is 5.82 Å². The molecule has 0 radical (unpaired) electrons. The Labute approximate surface area is 165 Å². The molecule has 0 saturated heterocycles. The van der Waals surface area contributed by atoms with Gasteiger partial charge in [-0.15, -0.1) is 11.3 Å². The van der Waals surface area contributed by atoms with Gasteiger partial charge in [0.25, 0.3) is 0 Å². The molecule has 27 heavy (non-hydrogen) atoms. The monoisotopic (exact) mass is 422 g/mol. The normalized spacial score (nSPS) is 15.1. The van der Waals surface area contributed by atoms with E-state index in [9.17, 15) is 18.6 Å². The topological polar surface area (TPSA) is 54.4 Å². The second kappa shape index (κ2) is 8.07. The Hall–Kier alpha value is -1.78. The van der Waals surface area contributed by atoms with Gasteiger partial charge in [-0.3, -0.25) is 9.36 Å². The summed E-state index contributed by atoms with van der Waals surface area (Å²) in [4.78, 5) is 23.0. The summed E-state index contributed by atoms with van der Waals surface area (Å²) in [6.45, 7) is 1.19. The van der Waals surface area contributed by atoms with Crippen molar-refractivity contribution in [1.29, 1.82) is 0 Å². The fraction of sp³-hybridized carbons (Fsp3) is 0.150. The number of benzene rings is 2. The molecule has 0 aliphatic rings. The average molecular weight is 423 g/mol. The van der Waals surface area contributed by atoms with Crippen LogP contribution < -0.4 is 0 Å². The highest BCUT2D eigenvalue weighted by molar-refractivity contribution is 7.58. The van der Waals surface area contributed by atoms with Crippen molar-refractivity contribution in [3.8, 4) is 0 Å². The van der Waals surface area contributed by atoms with Crippen molar-refractivity contribution in [3.63, 3.8) is 0 Å². The summed E-state index contributed by atoms with van der Waals surface area (Å²) in [5.41, 5.74) is 0.0210. The molecule has 3 nitrogen and oxygen atoms in total. The third-order valence-electron chi connectivity index (χ3n) is 4.12. The van der Waals surface area contributed by atoms with Gasteiger partial charge in [-0.2, -0.15) is 0 Å². The van der Waals surface area contributed by atoms with E-state index >= 15 is 0 Å². The number of allylic oxidation sites excluding steroid dienone is 1. The molecule has 0 amide bonds. The molecule has 0 aliphatic carbocycles. The van der Waals surface area contributed by atoms with E-state index in [-0.39, 0.29) is 18.0 Å². The lowest BCUT2D eigenvalue weighted by Crippen LogP contribution is -2.11. The van der Waals surface area contributed by atoms with Crippen molar-refractivity contribution in [1.82, 2.24) is 0 Å². The molecular formula is C20H17ClFO3PS. The van der Waals surface area contributed by atoms with Crippen molar-refractivity contribution < 1.29 is 18.6 Å². The molecule has 7 heteroatoms. The third kappa shape index (κ3) is 4.74. The van der Waals surface area contributed by atoms with Gasteiger partial charge in [0.1, 0.15) is 11.5 Å². The minimum Gasteiger partial charge on any atom is -0.344 e. The summed E-state index contributed by atoms with van der Waals surface area (Å²) in [5.74, 6) is -0.730. The number of ketones is 1. The Balaban J connectivity index is 1.89. The number of rotatable bonds is 6. The van der Waals surface area contributed by atoms with Crippen LogP contribution in [0.25, 0.3) is 16.2 Å². The molecular weight excluding hydrogens is 406 g/mol. The zero-order chi connectivity index (χ0) is 19.6. The molecule has 3 rings (SSSR count). The smallest absolute Gasteiger partial charge is 0.212 e. The van der Waals surface area contributed by atoms with E-state index in [1.54, 1.807) is 41.8 Å². The van der Waals surface area contributed by atoms with Crippen molar-refractivity contribution in [3.05, 3.63) is 75.9 Å². The molecule has 0 spiro atoms. The van der Waals surface area contributed by atoms with E-state index < -0.39 is 13.0 Å². The lowest BCUT2D eigenvalue weighted by Gasteiger charge is -2.18. The van der Waals surface area contributed by atoms with Crippen LogP contribution in [0.2, 0.25) is 5.02 Å². The third-order valence-corrected chi connectivity index (χ3v) is 6.86. The van der Waals surface area contributed by atoms with Gasteiger partial charge in [0, 0.05) is 22.8 Å². The zero-order valence-corrected chi connectivity index (χ0v) is 16.9. The Morgan fingerprint density at radius 3 is 2.81 bits per heavy atom. The molecule has 2 aromatic carbocycles. The van der Waals surface area contributed by atoms with Gasteiger partial charge in [0.15, 0.2) is 5.78 Å². The molecule has 0 aliphatic heterocycles. The Morgan fingerprint density at radius 1 is 1.33 bits per heavy atom. The molecule has 0 saturated carbocycles. The molecule has 2 atom stereocenters. The van der Waals surface area contributed by atoms with Gasteiger partial charge in [-0.25, -0.2) is 4.39 Å². The first kappa shape index (κ1) is 20.0. The minimum absolute atomic E-state index is 0.0303. The fourth-order valence-electron chi connectivity index (χ4n) is 2.96. The number of thiophene rings is 1. The number of carbonyl (C=O) groups is 1. The Morgan fingerprint density at radius 2 is 2.11 bits per heavy atom. The maximum Gasteiger partial charge on any atom is 0.212 e. The molecule has 1 heterocycles. The van der Waals surface area contributed by atoms with Crippen molar-refractivity contribution in [2.45, 2.75) is 12.1 Å². The summed E-state index contributed by atoms with van der Waals surface area (Å²) in [6, 6.07) is 11.3. The van der Waals surface area contributed by atoms with Crippen LogP contribution in [0.4, 0.5) is 4.39 Å². The zero-order valence-electron chi connectivity index (χ0n) is 14.4. The van der Waals surface area contributed by atoms with Gasteiger partial charge < -0.3 is 4.89 Å². The first-order valence-electron chi connectivity index (χ1n) is 8.17. The van der Waals surface area contributed by atoms with E-state index in [1.165, 1.54) is 30.1 Å². The number of hydrogen-bond acceptors (Lipinski definition) is 3. The first-order valence-corrected chi connectivity index (χ1v) is 11.6. The minimum atomic E-state index is -3.74. The predicted molar refractivity (Wildman–Crippen MR) is 110 cm³/mol. The molecule has 2 unspecified atom stereocenters. The van der Waals surface area contributed by atoms with E-state index in [0.29, 0.717) is 16.1 Å². The van der Waals surface area contributed by atoms with Gasteiger partial charge in [0.05, 0.1) is 0 Å². The van der Waals surface area contributed by atoms with Gasteiger partial charge in [-0.1, -0.05) is 35.9 Å². The second-order valence-corrected chi connectivity index (χ2v) is 10.1. The predicted octanol–water partition coefficient (Wildman–Crippen LogP) is 6.31. The lowest BCUT2D eigenvalue weighted by atomic mass is 10.0. The highest BCUT2D eigenvalue weighted by Gasteiger charge is 2.35. The number of Topliss-reactive ketones (excluding diaryl/α,β-unsaturated/α-hetero) is 1. The summed E-state index contributed by atoms with van der Waals surface area (Å²) < 4.78 is 26.6. The molecule has 1 N–H and O–H groups in total. The van der Waals surface area contributed by atoms with Crippen LogP contribution in [0.1, 0.15) is 23.2 Å². The van der Waals surface area contributed by atoms with Crippen LogP contribution in [0.15, 0.2) is 53.9 Å². The Kier molecular flexibility index (Phi) is 5.97. The number of fused-ring (bicyclic) bond motifs is 1. The van der Waals surface area contributed by atoms with Crippen LogP contribution in [-0.4, -0.2) is 17.3 Å². The molecule has 0 bridgehead atoms. The van der Waals surface area contributed by atoms with Crippen molar-refractivity contribution >= 4 is 52.3 Å². The quantitative estimate of drug-likeness (QED) is 0.474. The van der Waals surface area contributed by atoms with Crippen LogP contribution >= 0.6 is 30.3 Å². The number of hydrogen-bond donors (Lipinski definition) is 1. The van der Waals surface area contributed by atoms with Crippen LogP contribution in [0.3, 0.4) is 0 Å². The average Bonchev–Trinajstić information content (AvgIpc) is 2.96. The van der Waals surface area contributed by atoms with E-state index in [0.717, 1.165) is 10.1 Å². The number of carbonyl (C=O) groups excluding carboxylic acids is 1. The fourth-order valence-corrected chi connectivity index (χ4v) is 5.57. The second-order valence-electron chi connectivity index (χ2n) is 6.31. The van der Waals surface area contributed by atoms with Crippen molar-refractivity contribution in [2.24, 2.45) is 0 Å². The molecule has 3 aromatic rings. The van der Waals surface area contributed by atoms with Gasteiger partial charge in [0.2, 0.25) is 7.37 Å². The maximum absolute atomic E-state index is 13.2. The van der Waals surface area contributed by atoms with E-state index in [4.69, 9.17) is 11.6 Å². The van der Waals surface area contributed by atoms with Crippen molar-refractivity contribution in [2.75, 3.05) is 6.66 Å². The maximum atomic E-state index is 13.2. The molecule has 140 valence electrons. The number of halogens is 2. The van der Waals surface area contributed by atoms with E-state index in [1.807, 2.05) is 6.07 Å². The highest BCUT2D eigenvalue weighted by atomic mass is 35.5. The largest absolute Gasteiger partial charge is 0.344 e. The molecule has 0 fully saturated rings. The summed E-state index contributed by atoms with van der Waals surface area (Å²) in [5, 5.41) is 2.96. The molecule has 1 aromatic heterocycles. The Bertz CT molecular complexity index is 1070. The van der Waals surface area contributed by atoms with Gasteiger partial charge >= 0.3 is 0 Å². The van der Waals surface area contributed by atoms with Crippen LogP contribution in [0.5, 0.6) is 0 Å². The SMILES string of the molecule is CP(=O)(O)C(C(=O)C/C=C/c1cccc(F)c1)c1csc2ccc(Cl)cc12. The van der Waals surface area contributed by atoms with Crippen LogP contribution in [-0.2, 0) is 9.36 Å². The summed E-state index contributed by atoms with van der Waals surface area (Å²) >= 11 is 7.46. The summed E-state index contributed by atoms with van der Waals surface area (Å²) in [6.07, 6.45) is 3.18. The van der Waals surface area contributed by atoms with E-state index in [2.05, 4.69) is 0 Å². The lowest BCUT2D eigenvalue weighted by molar-refractivity contribution is -0.118. The summed E-state index contributed by atoms with van der Waals surface area (Å²) in [7, 11) is -3.74. The first-order chi connectivity index (χ1) is 12.8. The highest BCUT2D eigenvalue weighted by Crippen LogP contribution is 2.55. The standard InChI is InChI=1S/C20H17ClFO3PS/c1-26(24,25)20(17-12-27-19-9-8-14(21)11-16(17)19)18(23)7-3-5-13-4-2-6-15(22)10-13/h2-6,8-12,20H,7H2,1H3,(H,24,25)/b5-3+.